The Balaban J connectivity index is 1.29. The molecule has 0 radical (unpaired) electrons. The number of azo groups is 2. The molecule has 0 aromatic heterocycles. The first-order valence-electron chi connectivity index (χ1n) is 18.2. The Morgan fingerprint density at radius 2 is 0.952 bits per heavy atom. The second kappa shape index (κ2) is 22.3. The van der Waals surface area contributed by atoms with Crippen LogP contribution in [0.2, 0.25) is 30.1 Å². The fourth-order valence-electron chi connectivity index (χ4n) is 5.53. The van der Waals surface area contributed by atoms with E-state index in [1.54, 1.807) is 36.4 Å². The van der Waals surface area contributed by atoms with Crippen molar-refractivity contribution in [2.24, 2.45) is 20.5 Å². The van der Waals surface area contributed by atoms with E-state index in [1.807, 2.05) is 0 Å². The van der Waals surface area contributed by atoms with Crippen molar-refractivity contribution in [2.45, 2.75) is 32.4 Å². The number of amides is 4. The number of Topliss-reactive ketones (excluding diaryl/α,β-unsaturated/α-hetero) is 2. The van der Waals surface area contributed by atoms with Gasteiger partial charge in [-0.25, -0.2) is 0 Å². The second-order valence-corrected chi connectivity index (χ2v) is 15.9. The van der Waals surface area contributed by atoms with Crippen LogP contribution in [-0.2, 0) is 25.6 Å². The van der Waals surface area contributed by atoms with E-state index >= 15 is 0 Å². The molecule has 4 N–H and O–H groups in total. The number of hydrogen-bond acceptors (Lipinski definition) is 10. The average Bonchev–Trinajstić information content (AvgIpc) is 3.22. The van der Waals surface area contributed by atoms with Gasteiger partial charge in [-0.1, -0.05) is 93.9 Å². The Kier molecular flexibility index (Phi) is 17.2. The number of halogens is 7. The molecule has 324 valence electrons. The summed E-state index contributed by atoms with van der Waals surface area (Å²) in [4.78, 5) is 78.2. The molecule has 0 aliphatic carbocycles. The molecule has 2 unspecified atom stereocenters. The minimum Gasteiger partial charge on any atom is -0.324 e. The summed E-state index contributed by atoms with van der Waals surface area (Å²) in [5.74, 6) is -4.27. The maximum Gasteiger partial charge on any atom is 0.258 e. The summed E-state index contributed by atoms with van der Waals surface area (Å²) < 4.78 is 0. The van der Waals surface area contributed by atoms with Crippen molar-refractivity contribution < 1.29 is 28.8 Å². The summed E-state index contributed by atoms with van der Waals surface area (Å²) in [5, 5.41) is 26.9. The van der Waals surface area contributed by atoms with E-state index in [4.69, 9.17) is 81.2 Å². The minimum absolute atomic E-state index is 0.0118. The predicted octanol–water partition coefficient (Wildman–Crippen LogP) is 12.3. The standard InChI is InChI=1S/C42H31Cl7N8O6/c1-20(58)35(56-54-31-13-3-7-24(33(31)48)39(60)52-37-26(44)9-5-10-27(37)45)41(62)50-23-15-16-30(22(19-23)17-18-43)51-42(63)36(21(2)59)57-55-32-14-4-8-25(34(32)49)40(61)53-38-28(46)11-6-12-29(38)47/h3-16,19,35-36H,17-18H2,1-2H3,(H,50,62)(H,51,63)(H,52,60)(H,53,61). The molecule has 0 fully saturated rings. The zero-order valence-corrected chi connectivity index (χ0v) is 37.9. The fourth-order valence-corrected chi connectivity index (χ4v) is 7.22. The van der Waals surface area contributed by atoms with Crippen molar-refractivity contribution in [2.75, 3.05) is 27.1 Å². The number of carbonyl (C=O) groups is 6. The lowest BCUT2D eigenvalue weighted by Crippen LogP contribution is -2.32. The number of carbonyl (C=O) groups excluding carboxylic acids is 6. The van der Waals surface area contributed by atoms with Crippen LogP contribution >= 0.6 is 81.2 Å². The van der Waals surface area contributed by atoms with Crippen LogP contribution in [0.5, 0.6) is 0 Å². The number of benzene rings is 5. The highest BCUT2D eigenvalue weighted by molar-refractivity contribution is 6.42. The van der Waals surface area contributed by atoms with Crippen molar-refractivity contribution in [3.63, 3.8) is 0 Å². The van der Waals surface area contributed by atoms with Crippen molar-refractivity contribution in [1.82, 2.24) is 0 Å². The van der Waals surface area contributed by atoms with Crippen molar-refractivity contribution in [1.29, 1.82) is 0 Å². The van der Waals surface area contributed by atoms with Gasteiger partial charge in [-0.05, 0) is 92.6 Å². The maximum absolute atomic E-state index is 13.5. The van der Waals surface area contributed by atoms with Crippen molar-refractivity contribution in [3.05, 3.63) is 138 Å². The number of hydrogen-bond donors (Lipinski definition) is 4. The largest absolute Gasteiger partial charge is 0.324 e. The van der Waals surface area contributed by atoms with E-state index < -0.39 is 47.3 Å². The summed E-state index contributed by atoms with van der Waals surface area (Å²) >= 11 is 43.8. The van der Waals surface area contributed by atoms with Gasteiger partial charge in [0.15, 0.2) is 11.6 Å². The molecule has 2 atom stereocenters. The molecule has 0 saturated heterocycles. The van der Waals surface area contributed by atoms with Gasteiger partial charge in [0.25, 0.3) is 23.6 Å². The van der Waals surface area contributed by atoms with Crippen LogP contribution in [0.25, 0.3) is 0 Å². The van der Waals surface area contributed by atoms with Gasteiger partial charge in [-0.3, -0.25) is 28.8 Å². The number of nitrogens with zero attached hydrogens (tertiary/aromatic N) is 4. The van der Waals surface area contributed by atoms with E-state index in [1.165, 1.54) is 54.6 Å². The molecular weight excluding hydrogens is 961 g/mol. The third-order valence-electron chi connectivity index (χ3n) is 8.67. The number of nitrogens with one attached hydrogen (secondary N) is 4. The molecule has 0 heterocycles. The SMILES string of the molecule is CC(=O)C(N=Nc1cccc(C(=O)Nc2c(Cl)cccc2Cl)c1Cl)C(=O)Nc1ccc(NC(=O)C(N=Nc2cccc(C(=O)Nc3c(Cl)cccc3Cl)c2Cl)C(C)=O)c(CCCl)c1. The molecule has 0 spiro atoms. The molecule has 5 aromatic rings. The first-order chi connectivity index (χ1) is 30.0. The van der Waals surface area contributed by atoms with E-state index in [0.29, 0.717) is 5.56 Å². The van der Waals surface area contributed by atoms with Crippen LogP contribution in [0.4, 0.5) is 34.1 Å². The Labute approximate surface area is 394 Å². The van der Waals surface area contributed by atoms with Crippen LogP contribution in [0.3, 0.4) is 0 Å². The fraction of sp³-hybridized carbons (Fsp3) is 0.143. The number of aryl methyl sites for hydroxylation is 1. The second-order valence-electron chi connectivity index (χ2n) is 13.1. The number of alkyl halides is 1. The van der Waals surface area contributed by atoms with Gasteiger partial charge in [0.1, 0.15) is 11.4 Å². The molecule has 21 heteroatoms. The van der Waals surface area contributed by atoms with Crippen LogP contribution < -0.4 is 21.3 Å². The van der Waals surface area contributed by atoms with Gasteiger partial charge in [-0.15, -0.1) is 11.6 Å². The third kappa shape index (κ3) is 12.4. The van der Waals surface area contributed by atoms with E-state index in [0.717, 1.165) is 13.8 Å². The Hall–Kier alpha value is -5.45. The topological polar surface area (TPSA) is 200 Å². The first-order valence-corrected chi connectivity index (χ1v) is 21.0. The van der Waals surface area contributed by atoms with E-state index in [9.17, 15) is 28.8 Å². The summed E-state index contributed by atoms with van der Waals surface area (Å²) in [7, 11) is 0. The van der Waals surface area contributed by atoms with Crippen LogP contribution in [0, 0.1) is 0 Å². The highest BCUT2D eigenvalue weighted by Crippen LogP contribution is 2.35. The summed E-state index contributed by atoms with van der Waals surface area (Å²) in [6, 6.07) is 19.2. The third-order valence-corrected chi connectivity index (χ3v) is 10.9. The molecule has 5 rings (SSSR count). The first kappa shape index (κ1) is 48.6. The van der Waals surface area contributed by atoms with Gasteiger partial charge >= 0.3 is 0 Å². The lowest BCUT2D eigenvalue weighted by Gasteiger charge is -2.16. The molecule has 63 heavy (non-hydrogen) atoms. The molecule has 14 nitrogen and oxygen atoms in total. The van der Waals surface area contributed by atoms with Gasteiger partial charge < -0.3 is 21.3 Å². The Morgan fingerprint density at radius 1 is 0.540 bits per heavy atom. The van der Waals surface area contributed by atoms with Gasteiger partial charge in [0.2, 0.25) is 12.1 Å². The quantitative estimate of drug-likeness (QED) is 0.0430. The molecule has 0 saturated carbocycles. The zero-order chi connectivity index (χ0) is 46.0. The van der Waals surface area contributed by atoms with Crippen LogP contribution in [0.1, 0.15) is 40.1 Å². The zero-order valence-electron chi connectivity index (χ0n) is 32.6. The monoisotopic (exact) mass is 988 g/mol. The highest BCUT2D eigenvalue weighted by atomic mass is 35.5. The lowest BCUT2D eigenvalue weighted by molar-refractivity contribution is -0.127. The molecule has 5 aromatic carbocycles. The summed E-state index contributed by atoms with van der Waals surface area (Å²) in [6.45, 7) is 2.28. The number of anilines is 4. The summed E-state index contributed by atoms with van der Waals surface area (Å²) in [5.41, 5.74) is 1.16. The molecular formula is C42H31Cl7N8O6. The molecule has 0 aliphatic heterocycles. The normalized spacial score (nSPS) is 12.1. The van der Waals surface area contributed by atoms with Crippen molar-refractivity contribution in [3.8, 4) is 0 Å². The minimum atomic E-state index is -1.64. The molecule has 4 amide bonds. The Bertz CT molecular complexity index is 2660. The number of ketones is 2. The maximum atomic E-state index is 13.5. The van der Waals surface area contributed by atoms with Gasteiger partial charge in [-0.2, -0.15) is 20.5 Å². The van der Waals surface area contributed by atoms with Crippen molar-refractivity contribution >= 4 is 151 Å². The highest BCUT2D eigenvalue weighted by Gasteiger charge is 2.27. The lowest BCUT2D eigenvalue weighted by atomic mass is 10.1. The van der Waals surface area contributed by atoms with E-state index in [2.05, 4.69) is 41.7 Å². The molecule has 0 bridgehead atoms. The average molecular weight is 992 g/mol. The summed E-state index contributed by atoms with van der Waals surface area (Å²) in [6.07, 6.45) is 0.192. The van der Waals surface area contributed by atoms with Gasteiger partial charge in [0, 0.05) is 17.3 Å². The van der Waals surface area contributed by atoms with E-state index in [-0.39, 0.29) is 87.7 Å². The van der Waals surface area contributed by atoms with Gasteiger partial charge in [0.05, 0.1) is 52.6 Å². The molecule has 0 aliphatic rings. The Morgan fingerprint density at radius 3 is 1.37 bits per heavy atom. The van der Waals surface area contributed by atoms with Crippen LogP contribution in [-0.4, -0.2) is 53.2 Å². The van der Waals surface area contributed by atoms with Crippen LogP contribution in [0.15, 0.2) is 111 Å². The smallest absolute Gasteiger partial charge is 0.258 e. The number of para-hydroxylation sites is 2. The predicted molar refractivity (Wildman–Crippen MR) is 248 cm³/mol. The number of rotatable bonds is 16.